The molecule has 6 nitrogen and oxygen atoms in total. The Morgan fingerprint density at radius 1 is 1.41 bits per heavy atom. The normalized spacial score (nSPS) is 10.7. The molecule has 1 aromatic heterocycles. The van der Waals surface area contributed by atoms with E-state index in [-0.39, 0.29) is 17.4 Å². The van der Waals surface area contributed by atoms with E-state index in [0.717, 1.165) is 6.42 Å². The highest BCUT2D eigenvalue weighted by molar-refractivity contribution is 6.30. The first-order valence-corrected chi connectivity index (χ1v) is 7.19. The molecule has 2 aromatic rings. The fourth-order valence-electron chi connectivity index (χ4n) is 1.97. The van der Waals surface area contributed by atoms with Crippen molar-refractivity contribution in [1.29, 1.82) is 0 Å². The molecule has 2 rings (SSSR count). The third-order valence-electron chi connectivity index (χ3n) is 3.18. The van der Waals surface area contributed by atoms with Crippen LogP contribution in [0.15, 0.2) is 30.5 Å². The second-order valence-corrected chi connectivity index (χ2v) is 5.29. The number of hydrogen-bond acceptors (Lipinski definition) is 4. The van der Waals surface area contributed by atoms with Crippen molar-refractivity contribution in [3.8, 4) is 11.4 Å². The van der Waals surface area contributed by atoms with E-state index >= 15 is 0 Å². The molecule has 22 heavy (non-hydrogen) atoms. The molecule has 0 unspecified atom stereocenters. The largest absolute Gasteiger partial charge is 0.504 e. The van der Waals surface area contributed by atoms with E-state index in [1.165, 1.54) is 15.8 Å². The predicted octanol–water partition coefficient (Wildman–Crippen LogP) is 2.34. The summed E-state index contributed by atoms with van der Waals surface area (Å²) in [5.74, 6) is -0.486. The van der Waals surface area contributed by atoms with Gasteiger partial charge < -0.3 is 14.7 Å². The lowest BCUT2D eigenvalue weighted by Gasteiger charge is -2.15. The third-order valence-corrected chi connectivity index (χ3v) is 3.43. The van der Waals surface area contributed by atoms with Gasteiger partial charge in [-0.3, -0.25) is 4.79 Å². The molecule has 1 aromatic carbocycles. The highest BCUT2D eigenvalue weighted by atomic mass is 35.5. The Kier molecular flexibility index (Phi) is 5.41. The summed E-state index contributed by atoms with van der Waals surface area (Å²) < 4.78 is 6.40. The lowest BCUT2D eigenvalue weighted by molar-refractivity contribution is 0.0770. The van der Waals surface area contributed by atoms with Crippen LogP contribution in [0, 0.1) is 0 Å². The minimum atomic E-state index is -0.332. The van der Waals surface area contributed by atoms with Crippen LogP contribution in [0.4, 0.5) is 0 Å². The summed E-state index contributed by atoms with van der Waals surface area (Å²) in [6.07, 6.45) is 2.12. The van der Waals surface area contributed by atoms with Crippen molar-refractivity contribution >= 4 is 17.5 Å². The zero-order valence-corrected chi connectivity index (χ0v) is 13.2. The van der Waals surface area contributed by atoms with Gasteiger partial charge in [-0.05, 0) is 30.7 Å². The number of hydrogen-bond donors (Lipinski definition) is 1. The average Bonchev–Trinajstić information content (AvgIpc) is 2.89. The number of benzene rings is 1. The highest BCUT2D eigenvalue weighted by Crippen LogP contribution is 2.20. The molecule has 0 fully saturated rings. The quantitative estimate of drug-likeness (QED) is 0.829. The van der Waals surface area contributed by atoms with E-state index in [0.29, 0.717) is 23.9 Å². The van der Waals surface area contributed by atoms with Gasteiger partial charge in [0, 0.05) is 32.3 Å². The van der Waals surface area contributed by atoms with Gasteiger partial charge in [-0.25, -0.2) is 4.68 Å². The van der Waals surface area contributed by atoms with Gasteiger partial charge in [-0.2, -0.15) is 5.10 Å². The summed E-state index contributed by atoms with van der Waals surface area (Å²) in [5.41, 5.74) is 0.732. The fourth-order valence-corrected chi connectivity index (χ4v) is 2.10. The molecular formula is C15H18ClN3O3. The summed E-state index contributed by atoms with van der Waals surface area (Å²) in [6.45, 7) is 1.10. The van der Waals surface area contributed by atoms with Crippen molar-refractivity contribution in [1.82, 2.24) is 14.7 Å². The summed E-state index contributed by atoms with van der Waals surface area (Å²) >= 11 is 5.84. The minimum Gasteiger partial charge on any atom is -0.504 e. The van der Waals surface area contributed by atoms with Crippen LogP contribution in [0.2, 0.25) is 5.02 Å². The Balaban J connectivity index is 2.15. The smallest absolute Gasteiger partial charge is 0.277 e. The second-order valence-electron chi connectivity index (χ2n) is 4.86. The molecule has 0 radical (unpaired) electrons. The maximum Gasteiger partial charge on any atom is 0.277 e. The number of methoxy groups -OCH3 is 1. The minimum absolute atomic E-state index is 0.0230. The molecule has 0 aliphatic rings. The summed E-state index contributed by atoms with van der Waals surface area (Å²) in [4.78, 5) is 13.8. The maximum absolute atomic E-state index is 12.3. The van der Waals surface area contributed by atoms with E-state index in [1.807, 2.05) is 0 Å². The van der Waals surface area contributed by atoms with E-state index in [9.17, 15) is 9.90 Å². The van der Waals surface area contributed by atoms with Crippen LogP contribution in [0.3, 0.4) is 0 Å². The lowest BCUT2D eigenvalue weighted by atomic mass is 10.3. The maximum atomic E-state index is 12.3. The van der Waals surface area contributed by atoms with Crippen molar-refractivity contribution in [2.75, 3.05) is 27.3 Å². The third kappa shape index (κ3) is 3.78. The SMILES string of the molecule is COCCCN(C)C(=O)c1nn(-c2ccc(Cl)cc2)cc1O. The zero-order chi connectivity index (χ0) is 16.1. The van der Waals surface area contributed by atoms with Gasteiger partial charge in [0.25, 0.3) is 5.91 Å². The monoisotopic (exact) mass is 323 g/mol. The van der Waals surface area contributed by atoms with Gasteiger partial charge in [0.15, 0.2) is 11.4 Å². The van der Waals surface area contributed by atoms with Crippen molar-refractivity contribution in [3.63, 3.8) is 0 Å². The summed E-state index contributed by atoms with van der Waals surface area (Å²) in [6, 6.07) is 6.94. The number of rotatable bonds is 6. The van der Waals surface area contributed by atoms with Gasteiger partial charge in [-0.15, -0.1) is 0 Å². The molecule has 1 amide bonds. The first-order chi connectivity index (χ1) is 10.5. The van der Waals surface area contributed by atoms with Crippen molar-refractivity contribution in [2.24, 2.45) is 0 Å². The zero-order valence-electron chi connectivity index (χ0n) is 12.5. The summed E-state index contributed by atoms with van der Waals surface area (Å²) in [7, 11) is 3.28. The van der Waals surface area contributed by atoms with Crippen LogP contribution < -0.4 is 0 Å². The van der Waals surface area contributed by atoms with Crippen LogP contribution in [0.25, 0.3) is 5.69 Å². The first-order valence-electron chi connectivity index (χ1n) is 6.82. The molecule has 118 valence electrons. The average molecular weight is 324 g/mol. The van der Waals surface area contributed by atoms with Gasteiger partial charge >= 0.3 is 0 Å². The molecule has 0 aliphatic heterocycles. The van der Waals surface area contributed by atoms with E-state index in [4.69, 9.17) is 16.3 Å². The summed E-state index contributed by atoms with van der Waals surface area (Å²) in [5, 5.41) is 14.7. The molecule has 7 heteroatoms. The van der Waals surface area contributed by atoms with Crippen molar-refractivity contribution < 1.29 is 14.6 Å². The number of halogens is 1. The predicted molar refractivity (Wildman–Crippen MR) is 83.7 cm³/mol. The molecular weight excluding hydrogens is 306 g/mol. The first kappa shape index (κ1) is 16.3. The number of carbonyl (C=O) groups excluding carboxylic acids is 1. The van der Waals surface area contributed by atoms with Crippen LogP contribution >= 0.6 is 11.6 Å². The Morgan fingerprint density at radius 3 is 2.73 bits per heavy atom. The van der Waals surface area contributed by atoms with Crippen molar-refractivity contribution in [3.05, 3.63) is 41.2 Å². The van der Waals surface area contributed by atoms with Crippen molar-refractivity contribution in [2.45, 2.75) is 6.42 Å². The lowest BCUT2D eigenvalue weighted by Crippen LogP contribution is -2.28. The molecule has 0 atom stereocenters. The van der Waals surface area contributed by atoms with Gasteiger partial charge in [0.2, 0.25) is 0 Å². The number of aromatic nitrogens is 2. The van der Waals surface area contributed by atoms with Gasteiger partial charge in [0.1, 0.15) is 0 Å². The van der Waals surface area contributed by atoms with Gasteiger partial charge in [-0.1, -0.05) is 11.6 Å². The molecule has 1 heterocycles. The van der Waals surface area contributed by atoms with Crippen LogP contribution in [0.1, 0.15) is 16.9 Å². The van der Waals surface area contributed by atoms with Crippen LogP contribution in [-0.4, -0.2) is 53.0 Å². The molecule has 1 N–H and O–H groups in total. The Hall–Kier alpha value is -2.05. The topological polar surface area (TPSA) is 67.6 Å². The van der Waals surface area contributed by atoms with Crippen LogP contribution in [0.5, 0.6) is 5.75 Å². The number of carbonyl (C=O) groups is 1. The Morgan fingerprint density at radius 2 is 2.09 bits per heavy atom. The molecule has 0 spiro atoms. The number of nitrogens with zero attached hydrogens (tertiary/aromatic N) is 3. The second kappa shape index (κ2) is 7.29. The number of ether oxygens (including phenoxy) is 1. The Bertz CT molecular complexity index is 640. The molecule has 0 aliphatic carbocycles. The van der Waals surface area contributed by atoms with E-state index < -0.39 is 0 Å². The van der Waals surface area contributed by atoms with Gasteiger partial charge in [0.05, 0.1) is 11.9 Å². The molecule has 0 saturated carbocycles. The standard InChI is InChI=1S/C15H18ClN3O3/c1-18(8-3-9-22-2)15(21)14-13(20)10-19(17-14)12-6-4-11(16)5-7-12/h4-7,10,20H,3,8-9H2,1-2H3. The highest BCUT2D eigenvalue weighted by Gasteiger charge is 2.20. The number of amides is 1. The fraction of sp³-hybridized carbons (Fsp3) is 0.333. The van der Waals surface area contributed by atoms with E-state index in [1.54, 1.807) is 38.4 Å². The molecule has 0 bridgehead atoms. The van der Waals surface area contributed by atoms with E-state index in [2.05, 4.69) is 5.10 Å². The van der Waals surface area contributed by atoms with Crippen LogP contribution in [-0.2, 0) is 4.74 Å². The molecule has 0 saturated heterocycles. The number of aromatic hydroxyl groups is 1. The Labute approximate surface area is 133 Å².